The van der Waals surface area contributed by atoms with Gasteiger partial charge in [0.1, 0.15) is 10.7 Å². The first-order valence-electron chi connectivity index (χ1n) is 7.80. The zero-order valence-corrected chi connectivity index (χ0v) is 13.8. The Bertz CT molecular complexity index is 748. The Morgan fingerprint density at radius 1 is 1.30 bits per heavy atom. The van der Waals surface area contributed by atoms with Crippen LogP contribution < -0.4 is 10.9 Å². The maximum Gasteiger partial charge on any atom is 0.277 e. The average Bonchev–Trinajstić information content (AvgIpc) is 2.98. The predicted molar refractivity (Wildman–Crippen MR) is 87.6 cm³/mol. The Balaban J connectivity index is 1.62. The molecule has 2 heterocycles. The van der Waals surface area contributed by atoms with Gasteiger partial charge in [-0.3, -0.25) is 14.9 Å². The van der Waals surface area contributed by atoms with E-state index in [0.717, 1.165) is 16.1 Å². The van der Waals surface area contributed by atoms with Gasteiger partial charge in [0.05, 0.1) is 0 Å². The number of carbonyl (C=O) groups excluding carboxylic acids is 1. The Morgan fingerprint density at radius 3 is 2.83 bits per heavy atom. The number of rotatable bonds is 4. The van der Waals surface area contributed by atoms with Gasteiger partial charge < -0.3 is 0 Å². The monoisotopic (exact) mass is 333 g/mol. The molecule has 0 spiro atoms. The van der Waals surface area contributed by atoms with Crippen molar-refractivity contribution in [3.63, 3.8) is 0 Å². The van der Waals surface area contributed by atoms with Gasteiger partial charge in [-0.1, -0.05) is 43.4 Å². The molecule has 7 nitrogen and oxygen atoms in total. The number of hydrogen-bond acceptors (Lipinski definition) is 6. The minimum Gasteiger partial charge on any atom is -0.295 e. The first kappa shape index (κ1) is 15.8. The van der Waals surface area contributed by atoms with Crippen molar-refractivity contribution in [2.75, 3.05) is 5.32 Å². The molecule has 0 radical (unpaired) electrons. The first-order chi connectivity index (χ1) is 11.1. The van der Waals surface area contributed by atoms with Gasteiger partial charge in [-0.15, -0.1) is 10.2 Å². The lowest BCUT2D eigenvalue weighted by Gasteiger charge is -2.19. The van der Waals surface area contributed by atoms with Gasteiger partial charge in [0.2, 0.25) is 5.13 Å². The van der Waals surface area contributed by atoms with Crippen LogP contribution in [0.4, 0.5) is 5.13 Å². The summed E-state index contributed by atoms with van der Waals surface area (Å²) in [5.74, 6) is 0.298. The lowest BCUT2D eigenvalue weighted by Crippen LogP contribution is -2.23. The van der Waals surface area contributed by atoms with Crippen LogP contribution in [-0.4, -0.2) is 25.9 Å². The van der Waals surface area contributed by atoms with E-state index in [1.165, 1.54) is 62.6 Å². The number of nitrogens with one attached hydrogen (secondary N) is 1. The third-order valence-electron chi connectivity index (χ3n) is 4.07. The third-order valence-corrected chi connectivity index (χ3v) is 4.93. The minimum atomic E-state index is -0.388. The van der Waals surface area contributed by atoms with E-state index in [1.54, 1.807) is 0 Å². The molecule has 0 bridgehead atoms. The van der Waals surface area contributed by atoms with Crippen LogP contribution >= 0.6 is 11.3 Å². The number of anilines is 1. The summed E-state index contributed by atoms with van der Waals surface area (Å²) < 4.78 is 1.13. The molecule has 1 N–H and O–H groups in total. The molecule has 1 fully saturated rings. The third kappa shape index (κ3) is 4.01. The standard InChI is InChI=1S/C15H19N5O2S/c1-20-13(21)8-7-11(19-20)14(22)16-15-18-17-12(23-15)9-10-5-3-2-4-6-10/h7-8,10H,2-6,9H2,1H3,(H,16,18,22). The second-order valence-corrected chi connectivity index (χ2v) is 6.91. The van der Waals surface area contributed by atoms with Crippen molar-refractivity contribution in [1.29, 1.82) is 0 Å². The summed E-state index contributed by atoms with van der Waals surface area (Å²) in [6.45, 7) is 0. The van der Waals surface area contributed by atoms with Gasteiger partial charge in [0.25, 0.3) is 11.5 Å². The molecule has 1 aliphatic carbocycles. The Hall–Kier alpha value is -2.09. The van der Waals surface area contributed by atoms with Crippen LogP contribution in [0.3, 0.4) is 0 Å². The number of aromatic nitrogens is 4. The molecule has 122 valence electrons. The van der Waals surface area contributed by atoms with Crippen LogP contribution in [0.1, 0.15) is 47.6 Å². The number of nitrogens with zero attached hydrogens (tertiary/aromatic N) is 4. The van der Waals surface area contributed by atoms with Crippen molar-refractivity contribution >= 4 is 22.4 Å². The fraction of sp³-hybridized carbons (Fsp3) is 0.533. The average molecular weight is 333 g/mol. The zero-order valence-electron chi connectivity index (χ0n) is 13.0. The van der Waals surface area contributed by atoms with Gasteiger partial charge in [-0.2, -0.15) is 5.10 Å². The maximum absolute atomic E-state index is 12.1. The summed E-state index contributed by atoms with van der Waals surface area (Å²) in [5, 5.41) is 16.2. The quantitative estimate of drug-likeness (QED) is 0.924. The molecular formula is C15H19N5O2S. The van der Waals surface area contributed by atoms with Gasteiger partial charge in [0, 0.05) is 19.5 Å². The highest BCUT2D eigenvalue weighted by Crippen LogP contribution is 2.28. The van der Waals surface area contributed by atoms with Crippen LogP contribution in [0, 0.1) is 5.92 Å². The van der Waals surface area contributed by atoms with Crippen molar-refractivity contribution in [1.82, 2.24) is 20.0 Å². The van der Waals surface area contributed by atoms with Crippen molar-refractivity contribution < 1.29 is 4.79 Å². The molecule has 0 unspecified atom stereocenters. The molecule has 1 aliphatic rings. The molecule has 1 amide bonds. The van der Waals surface area contributed by atoms with E-state index in [0.29, 0.717) is 11.0 Å². The fourth-order valence-electron chi connectivity index (χ4n) is 2.81. The van der Waals surface area contributed by atoms with E-state index in [2.05, 4.69) is 20.6 Å². The second-order valence-electron chi connectivity index (χ2n) is 5.84. The topological polar surface area (TPSA) is 89.8 Å². The zero-order chi connectivity index (χ0) is 16.2. The Kier molecular flexibility index (Phi) is 4.80. The Morgan fingerprint density at radius 2 is 2.09 bits per heavy atom. The lowest BCUT2D eigenvalue weighted by atomic mass is 9.87. The molecule has 0 aliphatic heterocycles. The first-order valence-corrected chi connectivity index (χ1v) is 8.61. The van der Waals surface area contributed by atoms with Crippen LogP contribution in [0.2, 0.25) is 0 Å². The van der Waals surface area contributed by atoms with E-state index in [-0.39, 0.29) is 17.2 Å². The van der Waals surface area contributed by atoms with Crippen molar-refractivity contribution in [2.24, 2.45) is 13.0 Å². The molecule has 2 aromatic rings. The lowest BCUT2D eigenvalue weighted by molar-refractivity contribution is 0.102. The molecule has 0 aromatic carbocycles. The van der Waals surface area contributed by atoms with E-state index >= 15 is 0 Å². The molecule has 1 saturated carbocycles. The number of amides is 1. The minimum absolute atomic E-state index is 0.177. The highest BCUT2D eigenvalue weighted by atomic mass is 32.1. The predicted octanol–water partition coefficient (Wildman–Crippen LogP) is 2.01. The molecule has 3 rings (SSSR count). The summed E-state index contributed by atoms with van der Waals surface area (Å²) in [6, 6.07) is 2.72. The van der Waals surface area contributed by atoms with E-state index in [9.17, 15) is 9.59 Å². The molecule has 8 heteroatoms. The summed E-state index contributed by atoms with van der Waals surface area (Å²) in [5.41, 5.74) is -0.0802. The largest absolute Gasteiger partial charge is 0.295 e. The summed E-state index contributed by atoms with van der Waals surface area (Å²) >= 11 is 1.41. The van der Waals surface area contributed by atoms with Gasteiger partial charge >= 0.3 is 0 Å². The van der Waals surface area contributed by atoms with Crippen molar-refractivity contribution in [3.05, 3.63) is 33.2 Å². The summed E-state index contributed by atoms with van der Waals surface area (Å²) in [6.07, 6.45) is 7.37. The maximum atomic E-state index is 12.1. The molecule has 0 saturated heterocycles. The number of hydrogen-bond donors (Lipinski definition) is 1. The SMILES string of the molecule is Cn1nc(C(=O)Nc2nnc(CC3CCCCC3)s2)ccc1=O. The Labute approximate surface area is 137 Å². The second kappa shape index (κ2) is 6.99. The number of aryl methyl sites for hydroxylation is 1. The van der Waals surface area contributed by atoms with Gasteiger partial charge in [-0.25, -0.2) is 4.68 Å². The molecular weight excluding hydrogens is 314 g/mol. The van der Waals surface area contributed by atoms with Crippen molar-refractivity contribution in [3.8, 4) is 0 Å². The van der Waals surface area contributed by atoms with Crippen molar-refractivity contribution in [2.45, 2.75) is 38.5 Å². The molecule has 0 atom stereocenters. The van der Waals surface area contributed by atoms with E-state index in [4.69, 9.17) is 0 Å². The number of carbonyl (C=O) groups is 1. The van der Waals surface area contributed by atoms with E-state index in [1.807, 2.05) is 0 Å². The molecule has 2 aromatic heterocycles. The highest BCUT2D eigenvalue weighted by Gasteiger charge is 2.17. The van der Waals surface area contributed by atoms with Gasteiger partial charge in [-0.05, 0) is 12.0 Å². The van der Waals surface area contributed by atoms with E-state index < -0.39 is 0 Å². The highest BCUT2D eigenvalue weighted by molar-refractivity contribution is 7.15. The van der Waals surface area contributed by atoms with Crippen LogP contribution in [0.15, 0.2) is 16.9 Å². The van der Waals surface area contributed by atoms with Crippen LogP contribution in [0.25, 0.3) is 0 Å². The smallest absolute Gasteiger partial charge is 0.277 e. The summed E-state index contributed by atoms with van der Waals surface area (Å²) in [4.78, 5) is 23.4. The summed E-state index contributed by atoms with van der Waals surface area (Å²) in [7, 11) is 1.51. The fourth-order valence-corrected chi connectivity index (χ4v) is 3.66. The normalized spacial score (nSPS) is 15.5. The van der Waals surface area contributed by atoms with Crippen LogP contribution in [-0.2, 0) is 13.5 Å². The van der Waals surface area contributed by atoms with Gasteiger partial charge in [0.15, 0.2) is 0 Å². The van der Waals surface area contributed by atoms with Crippen LogP contribution in [0.5, 0.6) is 0 Å². The molecule has 23 heavy (non-hydrogen) atoms.